The largest absolute Gasteiger partial charge is 0.388 e. The summed E-state index contributed by atoms with van der Waals surface area (Å²) in [6.07, 6.45) is 1.69. The summed E-state index contributed by atoms with van der Waals surface area (Å²) in [7, 11) is 0. The van der Waals surface area contributed by atoms with E-state index in [1.54, 1.807) is 6.20 Å². The maximum absolute atomic E-state index is 5.85. The Kier molecular flexibility index (Phi) is 4.60. The van der Waals surface area contributed by atoms with E-state index in [4.69, 9.17) is 22.7 Å². The molecule has 0 radical (unpaired) electrons. The van der Waals surface area contributed by atoms with Crippen molar-refractivity contribution >= 4 is 17.2 Å². The summed E-state index contributed by atoms with van der Waals surface area (Å²) in [5.41, 5.74) is 8.34. The molecule has 0 aliphatic carbocycles. The summed E-state index contributed by atoms with van der Waals surface area (Å²) in [5, 5.41) is 0. The molecule has 2 rings (SSSR count). The third-order valence-corrected chi connectivity index (χ3v) is 3.08. The Morgan fingerprint density at radius 3 is 2.68 bits per heavy atom. The highest BCUT2D eigenvalue weighted by Gasteiger charge is 2.09. The van der Waals surface area contributed by atoms with Crippen LogP contribution in [-0.4, -0.2) is 9.97 Å². The standard InChI is InChI=1S/C15H16N2OS/c1-11(12-6-3-2-4-7-12)18-10-13-8-5-9-17-14(13)15(16)19/h2-9,11H,10H2,1H3,(H2,16,19). The van der Waals surface area contributed by atoms with Gasteiger partial charge in [0.25, 0.3) is 0 Å². The van der Waals surface area contributed by atoms with Crippen LogP contribution in [0.15, 0.2) is 48.7 Å². The van der Waals surface area contributed by atoms with Crippen LogP contribution in [0.3, 0.4) is 0 Å². The van der Waals surface area contributed by atoms with Crippen molar-refractivity contribution in [1.29, 1.82) is 0 Å². The number of thiocarbonyl (C=S) groups is 1. The molecule has 0 fully saturated rings. The molecule has 1 aromatic heterocycles. The van der Waals surface area contributed by atoms with E-state index >= 15 is 0 Å². The van der Waals surface area contributed by atoms with Crippen LogP contribution in [0.5, 0.6) is 0 Å². The molecular weight excluding hydrogens is 256 g/mol. The minimum Gasteiger partial charge on any atom is -0.388 e. The molecule has 98 valence electrons. The highest BCUT2D eigenvalue weighted by molar-refractivity contribution is 7.80. The van der Waals surface area contributed by atoms with E-state index in [9.17, 15) is 0 Å². The SMILES string of the molecule is CC(OCc1cccnc1C(N)=S)c1ccccc1. The second-order valence-corrected chi connectivity index (χ2v) is 4.68. The molecule has 0 spiro atoms. The van der Waals surface area contributed by atoms with Gasteiger partial charge in [-0.1, -0.05) is 48.6 Å². The number of nitrogens with two attached hydrogens (primary N) is 1. The lowest BCUT2D eigenvalue weighted by molar-refractivity contribution is 0.0523. The Morgan fingerprint density at radius 1 is 1.26 bits per heavy atom. The fourth-order valence-corrected chi connectivity index (χ4v) is 2.00. The number of hydrogen-bond donors (Lipinski definition) is 1. The van der Waals surface area contributed by atoms with Gasteiger partial charge in [0.2, 0.25) is 0 Å². The van der Waals surface area contributed by atoms with Gasteiger partial charge >= 0.3 is 0 Å². The van der Waals surface area contributed by atoms with Crippen molar-refractivity contribution in [3.05, 3.63) is 65.5 Å². The quantitative estimate of drug-likeness (QED) is 0.850. The van der Waals surface area contributed by atoms with Gasteiger partial charge in [-0.05, 0) is 18.6 Å². The summed E-state index contributed by atoms with van der Waals surface area (Å²) in [6, 6.07) is 13.9. The highest BCUT2D eigenvalue weighted by Crippen LogP contribution is 2.18. The predicted octanol–water partition coefficient (Wildman–Crippen LogP) is 2.99. The Morgan fingerprint density at radius 2 is 2.00 bits per heavy atom. The van der Waals surface area contributed by atoms with Gasteiger partial charge in [-0.2, -0.15) is 0 Å². The van der Waals surface area contributed by atoms with Crippen molar-refractivity contribution in [2.45, 2.75) is 19.6 Å². The molecule has 0 amide bonds. The van der Waals surface area contributed by atoms with Gasteiger partial charge in [-0.15, -0.1) is 0 Å². The molecular formula is C15H16N2OS. The molecule has 0 saturated carbocycles. The van der Waals surface area contributed by atoms with Crippen molar-refractivity contribution in [2.24, 2.45) is 5.73 Å². The van der Waals surface area contributed by atoms with Crippen LogP contribution < -0.4 is 5.73 Å². The molecule has 0 saturated heterocycles. The smallest absolute Gasteiger partial charge is 0.123 e. The Bertz CT molecular complexity index is 557. The monoisotopic (exact) mass is 272 g/mol. The van der Waals surface area contributed by atoms with E-state index in [2.05, 4.69) is 4.98 Å². The van der Waals surface area contributed by atoms with E-state index < -0.39 is 0 Å². The Balaban J connectivity index is 2.05. The maximum Gasteiger partial charge on any atom is 0.123 e. The molecule has 1 atom stereocenters. The van der Waals surface area contributed by atoms with Gasteiger partial charge < -0.3 is 10.5 Å². The summed E-state index contributed by atoms with van der Waals surface area (Å²) >= 11 is 4.98. The molecule has 19 heavy (non-hydrogen) atoms. The van der Waals surface area contributed by atoms with Gasteiger partial charge in [0, 0.05) is 11.8 Å². The minimum atomic E-state index is 0.0144. The second-order valence-electron chi connectivity index (χ2n) is 4.24. The van der Waals surface area contributed by atoms with Gasteiger partial charge in [0.05, 0.1) is 12.7 Å². The number of ether oxygens (including phenoxy) is 1. The van der Waals surface area contributed by atoms with Crippen LogP contribution in [0.25, 0.3) is 0 Å². The lowest BCUT2D eigenvalue weighted by Crippen LogP contribution is -2.15. The van der Waals surface area contributed by atoms with Crippen LogP contribution in [0.1, 0.15) is 29.8 Å². The first-order chi connectivity index (χ1) is 9.18. The average molecular weight is 272 g/mol. The molecule has 4 heteroatoms. The molecule has 1 unspecified atom stereocenters. The normalized spacial score (nSPS) is 12.1. The summed E-state index contributed by atoms with van der Waals surface area (Å²) < 4.78 is 5.85. The zero-order chi connectivity index (χ0) is 13.7. The number of aromatic nitrogens is 1. The first-order valence-electron chi connectivity index (χ1n) is 6.08. The average Bonchev–Trinajstić information content (AvgIpc) is 2.46. The lowest BCUT2D eigenvalue weighted by Gasteiger charge is -2.14. The van der Waals surface area contributed by atoms with E-state index in [0.29, 0.717) is 17.3 Å². The first kappa shape index (κ1) is 13.6. The fraction of sp³-hybridized carbons (Fsp3) is 0.200. The van der Waals surface area contributed by atoms with Crippen LogP contribution in [0, 0.1) is 0 Å². The predicted molar refractivity (Wildman–Crippen MR) is 79.8 cm³/mol. The molecule has 3 nitrogen and oxygen atoms in total. The zero-order valence-corrected chi connectivity index (χ0v) is 11.6. The molecule has 0 bridgehead atoms. The van der Waals surface area contributed by atoms with Crippen LogP contribution in [0.4, 0.5) is 0 Å². The number of hydrogen-bond acceptors (Lipinski definition) is 3. The zero-order valence-electron chi connectivity index (χ0n) is 10.7. The van der Waals surface area contributed by atoms with Crippen molar-refractivity contribution < 1.29 is 4.74 Å². The Hall–Kier alpha value is -1.78. The van der Waals surface area contributed by atoms with Gasteiger partial charge in [0.15, 0.2) is 0 Å². The second kappa shape index (κ2) is 6.41. The summed E-state index contributed by atoms with van der Waals surface area (Å²) in [6.45, 7) is 2.46. The van der Waals surface area contributed by atoms with Crippen LogP contribution in [-0.2, 0) is 11.3 Å². The van der Waals surface area contributed by atoms with Crippen LogP contribution >= 0.6 is 12.2 Å². The maximum atomic E-state index is 5.85. The van der Waals surface area contributed by atoms with Crippen LogP contribution in [0.2, 0.25) is 0 Å². The van der Waals surface area contributed by atoms with Crippen molar-refractivity contribution in [3.63, 3.8) is 0 Å². The summed E-state index contributed by atoms with van der Waals surface area (Å²) in [4.78, 5) is 4.48. The van der Waals surface area contributed by atoms with E-state index in [-0.39, 0.29) is 6.10 Å². The number of pyridine rings is 1. The molecule has 0 aliphatic heterocycles. The fourth-order valence-electron chi connectivity index (χ4n) is 1.81. The van der Waals surface area contributed by atoms with Crippen molar-refractivity contribution in [1.82, 2.24) is 4.98 Å². The molecule has 1 aromatic carbocycles. The number of nitrogens with zero attached hydrogens (tertiary/aromatic N) is 1. The van der Waals surface area contributed by atoms with E-state index in [1.807, 2.05) is 49.4 Å². The molecule has 2 aromatic rings. The van der Waals surface area contributed by atoms with Gasteiger partial charge in [0.1, 0.15) is 10.7 Å². The molecule has 1 heterocycles. The van der Waals surface area contributed by atoms with Gasteiger partial charge in [-0.3, -0.25) is 4.98 Å². The van der Waals surface area contributed by atoms with Crippen molar-refractivity contribution in [3.8, 4) is 0 Å². The number of benzene rings is 1. The lowest BCUT2D eigenvalue weighted by atomic mass is 10.1. The highest BCUT2D eigenvalue weighted by atomic mass is 32.1. The third kappa shape index (κ3) is 3.59. The third-order valence-electron chi connectivity index (χ3n) is 2.88. The van der Waals surface area contributed by atoms with E-state index in [1.165, 1.54) is 0 Å². The first-order valence-corrected chi connectivity index (χ1v) is 6.49. The van der Waals surface area contributed by atoms with Crippen molar-refractivity contribution in [2.75, 3.05) is 0 Å². The topological polar surface area (TPSA) is 48.1 Å². The molecule has 0 aliphatic rings. The Labute approximate surface area is 118 Å². The minimum absolute atomic E-state index is 0.0144. The summed E-state index contributed by atoms with van der Waals surface area (Å²) in [5.74, 6) is 0. The van der Waals surface area contributed by atoms with Gasteiger partial charge in [-0.25, -0.2) is 0 Å². The molecule has 2 N–H and O–H groups in total. The number of rotatable bonds is 5. The van der Waals surface area contributed by atoms with E-state index in [0.717, 1.165) is 11.1 Å².